The van der Waals surface area contributed by atoms with Gasteiger partial charge in [-0.1, -0.05) is 36.9 Å². The SMILES string of the molecule is C=C(OC(=NC)Nc1ccc2c(c1)CC(N1CCCC1)CC2)c1cc2c(nn1)-c1ccccc1CCC2. The topological polar surface area (TPSA) is 62.6 Å². The van der Waals surface area contributed by atoms with Gasteiger partial charge in [-0.2, -0.15) is 0 Å². The molecule has 6 nitrogen and oxygen atoms in total. The van der Waals surface area contributed by atoms with E-state index in [2.05, 4.69) is 80.5 Å². The van der Waals surface area contributed by atoms with E-state index in [0.29, 0.717) is 23.5 Å². The highest BCUT2D eigenvalue weighted by atomic mass is 16.5. The lowest BCUT2D eigenvalue weighted by molar-refractivity contribution is 0.222. The number of aromatic nitrogens is 2. The molecule has 1 aliphatic heterocycles. The number of anilines is 1. The number of ether oxygens (including phenoxy) is 1. The van der Waals surface area contributed by atoms with Gasteiger partial charge in [-0.25, -0.2) is 4.99 Å². The molecule has 3 aromatic rings. The van der Waals surface area contributed by atoms with Crippen LogP contribution in [-0.2, 0) is 30.4 Å². The van der Waals surface area contributed by atoms with E-state index in [1.807, 2.05) is 0 Å². The molecular formula is C31H35N5O. The Morgan fingerprint density at radius 2 is 1.78 bits per heavy atom. The highest BCUT2D eigenvalue weighted by Crippen LogP contribution is 2.32. The number of amidine groups is 1. The van der Waals surface area contributed by atoms with Crippen molar-refractivity contribution in [2.24, 2.45) is 4.99 Å². The Bertz CT molecular complexity index is 1340. The van der Waals surface area contributed by atoms with Crippen LogP contribution in [0.4, 0.5) is 5.69 Å². The number of fused-ring (bicyclic) bond motifs is 4. The van der Waals surface area contributed by atoms with Crippen molar-refractivity contribution in [3.8, 4) is 11.3 Å². The van der Waals surface area contributed by atoms with E-state index in [1.54, 1.807) is 7.05 Å². The lowest BCUT2D eigenvalue weighted by Gasteiger charge is -2.32. The second kappa shape index (κ2) is 10.5. The molecule has 1 aromatic heterocycles. The molecule has 190 valence electrons. The van der Waals surface area contributed by atoms with Crippen molar-refractivity contribution in [3.05, 3.63) is 83.1 Å². The Balaban J connectivity index is 1.15. The van der Waals surface area contributed by atoms with Crippen molar-refractivity contribution in [1.82, 2.24) is 15.1 Å². The smallest absolute Gasteiger partial charge is 0.294 e. The van der Waals surface area contributed by atoms with Gasteiger partial charge >= 0.3 is 0 Å². The third kappa shape index (κ3) is 5.03. The first-order valence-corrected chi connectivity index (χ1v) is 13.6. The van der Waals surface area contributed by atoms with Crippen LogP contribution in [0.3, 0.4) is 0 Å². The van der Waals surface area contributed by atoms with Gasteiger partial charge in [0.05, 0.1) is 5.69 Å². The minimum Gasteiger partial charge on any atom is -0.424 e. The van der Waals surface area contributed by atoms with Crippen molar-refractivity contribution in [2.75, 3.05) is 25.5 Å². The molecule has 6 heteroatoms. The zero-order valence-electron chi connectivity index (χ0n) is 21.7. The van der Waals surface area contributed by atoms with Gasteiger partial charge in [0.2, 0.25) is 0 Å². The quantitative estimate of drug-likeness (QED) is 0.288. The third-order valence-corrected chi connectivity index (χ3v) is 8.06. The molecule has 0 spiro atoms. The molecule has 1 N–H and O–H groups in total. The first-order valence-electron chi connectivity index (χ1n) is 13.6. The number of nitrogens with one attached hydrogen (secondary N) is 1. The van der Waals surface area contributed by atoms with Crippen LogP contribution in [0.25, 0.3) is 17.0 Å². The summed E-state index contributed by atoms with van der Waals surface area (Å²) in [6, 6.07) is 18.2. The number of likely N-dealkylation sites (tertiary alicyclic amines) is 1. The zero-order chi connectivity index (χ0) is 25.2. The summed E-state index contributed by atoms with van der Waals surface area (Å²) in [6.45, 7) is 6.64. The Morgan fingerprint density at radius 3 is 2.65 bits per heavy atom. The van der Waals surface area contributed by atoms with E-state index in [-0.39, 0.29) is 0 Å². The van der Waals surface area contributed by atoms with Gasteiger partial charge in [0.1, 0.15) is 5.69 Å². The molecule has 2 aliphatic carbocycles. The molecule has 0 bridgehead atoms. The second-order valence-corrected chi connectivity index (χ2v) is 10.4. The lowest BCUT2D eigenvalue weighted by Crippen LogP contribution is -2.37. The summed E-state index contributed by atoms with van der Waals surface area (Å²) in [6.07, 6.45) is 9.30. The summed E-state index contributed by atoms with van der Waals surface area (Å²) in [7, 11) is 1.72. The minimum absolute atomic E-state index is 0.402. The van der Waals surface area contributed by atoms with Gasteiger partial charge in [-0.3, -0.25) is 0 Å². The first kappa shape index (κ1) is 23.9. The van der Waals surface area contributed by atoms with Crippen molar-refractivity contribution >= 4 is 17.5 Å². The van der Waals surface area contributed by atoms with Crippen LogP contribution in [-0.4, -0.2) is 47.3 Å². The Labute approximate surface area is 219 Å². The zero-order valence-corrected chi connectivity index (χ0v) is 21.7. The van der Waals surface area contributed by atoms with Gasteiger partial charge in [0.25, 0.3) is 6.02 Å². The maximum absolute atomic E-state index is 6.06. The van der Waals surface area contributed by atoms with Crippen molar-refractivity contribution in [3.63, 3.8) is 0 Å². The number of nitrogens with zero attached hydrogens (tertiary/aromatic N) is 4. The van der Waals surface area contributed by atoms with Crippen LogP contribution in [0, 0.1) is 0 Å². The minimum atomic E-state index is 0.402. The van der Waals surface area contributed by atoms with Gasteiger partial charge in [-0.15, -0.1) is 10.2 Å². The van der Waals surface area contributed by atoms with E-state index in [9.17, 15) is 0 Å². The van der Waals surface area contributed by atoms with Crippen LogP contribution in [0.1, 0.15) is 53.6 Å². The van der Waals surface area contributed by atoms with Gasteiger partial charge in [0.15, 0.2) is 5.76 Å². The molecule has 2 aromatic carbocycles. The normalized spacial score (nSPS) is 19.4. The summed E-state index contributed by atoms with van der Waals surface area (Å²) in [5, 5.41) is 12.4. The molecule has 3 aliphatic rings. The predicted octanol–water partition coefficient (Wildman–Crippen LogP) is 5.67. The fraction of sp³-hybridized carbons (Fsp3) is 0.387. The molecular weight excluding hydrogens is 458 g/mol. The maximum atomic E-state index is 6.06. The third-order valence-electron chi connectivity index (χ3n) is 8.06. The Hall–Kier alpha value is -3.51. The first-order chi connectivity index (χ1) is 18.2. The highest BCUT2D eigenvalue weighted by molar-refractivity contribution is 5.92. The highest BCUT2D eigenvalue weighted by Gasteiger charge is 2.26. The summed E-state index contributed by atoms with van der Waals surface area (Å²) in [5.74, 6) is 0.438. The number of hydrogen-bond acceptors (Lipinski definition) is 5. The van der Waals surface area contributed by atoms with E-state index < -0.39 is 0 Å². The standard InChI is InChI=1S/C31H35N5O/c1-21(29-20-24-10-7-9-23-8-3-4-11-28(23)30(24)35-34-29)37-31(32-2)33-26-14-12-22-13-15-27(19-25(22)18-26)36-16-5-6-17-36/h3-4,8,11-12,14,18,20,27H,1,5-7,9-10,13,15-17,19H2,2H3,(H,32,33). The van der Waals surface area contributed by atoms with Gasteiger partial charge < -0.3 is 15.0 Å². The van der Waals surface area contributed by atoms with Gasteiger partial charge in [0, 0.05) is 24.3 Å². The number of benzene rings is 2. The molecule has 1 saturated heterocycles. The molecule has 1 unspecified atom stereocenters. The van der Waals surface area contributed by atoms with E-state index in [1.165, 1.54) is 60.2 Å². The molecule has 1 atom stereocenters. The van der Waals surface area contributed by atoms with E-state index in [4.69, 9.17) is 4.74 Å². The monoisotopic (exact) mass is 493 g/mol. The van der Waals surface area contributed by atoms with E-state index >= 15 is 0 Å². The molecule has 1 fully saturated rings. The lowest BCUT2D eigenvalue weighted by atomic mass is 9.87. The van der Waals surface area contributed by atoms with Crippen LogP contribution in [0.5, 0.6) is 0 Å². The van der Waals surface area contributed by atoms with Crippen LogP contribution < -0.4 is 5.32 Å². The molecule has 0 radical (unpaired) electrons. The fourth-order valence-electron chi connectivity index (χ4n) is 6.08. The molecule has 37 heavy (non-hydrogen) atoms. The summed E-state index contributed by atoms with van der Waals surface area (Å²) in [4.78, 5) is 7.01. The summed E-state index contributed by atoms with van der Waals surface area (Å²) < 4.78 is 6.06. The fourth-order valence-corrected chi connectivity index (χ4v) is 6.08. The largest absolute Gasteiger partial charge is 0.424 e. The van der Waals surface area contributed by atoms with Crippen molar-refractivity contribution < 1.29 is 4.74 Å². The predicted molar refractivity (Wildman–Crippen MR) is 150 cm³/mol. The average molecular weight is 494 g/mol. The van der Waals surface area contributed by atoms with Crippen LogP contribution in [0.15, 0.2) is 60.1 Å². The number of aryl methyl sites for hydroxylation is 3. The van der Waals surface area contributed by atoms with Gasteiger partial charge in [-0.05, 0) is 105 Å². The maximum Gasteiger partial charge on any atom is 0.294 e. The van der Waals surface area contributed by atoms with Crippen molar-refractivity contribution in [2.45, 2.75) is 57.4 Å². The Morgan fingerprint density at radius 1 is 0.946 bits per heavy atom. The Kier molecular flexibility index (Phi) is 6.75. The molecule has 2 heterocycles. The van der Waals surface area contributed by atoms with Crippen LogP contribution >= 0.6 is 0 Å². The number of hydrogen-bond donors (Lipinski definition) is 1. The summed E-state index contributed by atoms with van der Waals surface area (Å²) >= 11 is 0. The van der Waals surface area contributed by atoms with Crippen molar-refractivity contribution in [1.29, 1.82) is 0 Å². The number of aliphatic imine (C=N–C) groups is 1. The number of rotatable bonds is 4. The molecule has 6 rings (SSSR count). The molecule has 0 saturated carbocycles. The van der Waals surface area contributed by atoms with E-state index in [0.717, 1.165) is 43.5 Å². The second-order valence-electron chi connectivity index (χ2n) is 10.4. The average Bonchev–Trinajstić information content (AvgIpc) is 3.41. The molecule has 0 amide bonds. The van der Waals surface area contributed by atoms with Crippen LogP contribution in [0.2, 0.25) is 0 Å². The summed E-state index contributed by atoms with van der Waals surface area (Å²) in [5.41, 5.74) is 9.18.